The molecule has 0 amide bonds. The van der Waals surface area contributed by atoms with E-state index < -0.39 is 40.8 Å². The third-order valence-electron chi connectivity index (χ3n) is 4.97. The standard InChI is InChI=1S/C18H15N3O4/c1-11-14(22)7-17(8-19,16(23)24)18(9-20,10-21)15(11)12-3-5-13(25-2)6-4-12/h3-6,11,15H,7H2,1-2H3,(H,23,24). The molecule has 1 fully saturated rings. The Morgan fingerprint density at radius 2 is 1.76 bits per heavy atom. The second kappa shape index (κ2) is 6.26. The molecule has 0 spiro atoms. The highest BCUT2D eigenvalue weighted by atomic mass is 16.5. The molecule has 25 heavy (non-hydrogen) atoms. The highest BCUT2D eigenvalue weighted by Gasteiger charge is 2.68. The van der Waals surface area contributed by atoms with Crippen LogP contribution < -0.4 is 4.74 Å². The molecule has 7 nitrogen and oxygen atoms in total. The molecule has 126 valence electrons. The number of aliphatic carboxylic acids is 1. The minimum Gasteiger partial charge on any atom is -0.497 e. The minimum absolute atomic E-state index is 0.435. The molecule has 1 aromatic carbocycles. The van der Waals surface area contributed by atoms with E-state index in [1.807, 2.05) is 0 Å². The lowest BCUT2D eigenvalue weighted by Gasteiger charge is -2.45. The number of ether oxygens (including phenoxy) is 1. The summed E-state index contributed by atoms with van der Waals surface area (Å²) in [6, 6.07) is 11.5. The average molecular weight is 337 g/mol. The number of benzene rings is 1. The summed E-state index contributed by atoms with van der Waals surface area (Å²) in [5, 5.41) is 38.7. The highest BCUT2D eigenvalue weighted by Crippen LogP contribution is 2.58. The topological polar surface area (TPSA) is 135 Å². The number of carboxylic acids is 1. The van der Waals surface area contributed by atoms with E-state index in [0.29, 0.717) is 11.3 Å². The molecule has 0 saturated heterocycles. The summed E-state index contributed by atoms with van der Waals surface area (Å²) in [5.74, 6) is -3.41. The Hall–Kier alpha value is -3.37. The van der Waals surface area contributed by atoms with E-state index in [1.54, 1.807) is 49.4 Å². The van der Waals surface area contributed by atoms with Gasteiger partial charge in [-0.15, -0.1) is 0 Å². The predicted molar refractivity (Wildman–Crippen MR) is 83.9 cm³/mol. The normalized spacial score (nSPS) is 27.4. The van der Waals surface area contributed by atoms with Crippen molar-refractivity contribution in [2.75, 3.05) is 7.11 Å². The lowest BCUT2D eigenvalue weighted by molar-refractivity contribution is -0.157. The van der Waals surface area contributed by atoms with E-state index in [-0.39, 0.29) is 0 Å². The van der Waals surface area contributed by atoms with Crippen LogP contribution in [-0.4, -0.2) is 24.0 Å². The molecule has 3 atom stereocenters. The monoisotopic (exact) mass is 337 g/mol. The fraction of sp³-hybridized carbons (Fsp3) is 0.389. The summed E-state index contributed by atoms with van der Waals surface area (Å²) in [5.41, 5.74) is -4.19. The molecule has 1 saturated carbocycles. The first kappa shape index (κ1) is 18.0. The lowest BCUT2D eigenvalue weighted by Crippen LogP contribution is -2.56. The van der Waals surface area contributed by atoms with Crippen molar-refractivity contribution in [3.63, 3.8) is 0 Å². The van der Waals surface area contributed by atoms with Crippen molar-refractivity contribution in [2.45, 2.75) is 19.3 Å². The Morgan fingerprint density at radius 1 is 1.20 bits per heavy atom. The van der Waals surface area contributed by atoms with E-state index in [0.717, 1.165) is 0 Å². The molecular weight excluding hydrogens is 322 g/mol. The molecule has 1 aliphatic rings. The van der Waals surface area contributed by atoms with E-state index >= 15 is 0 Å². The Bertz CT molecular complexity index is 827. The van der Waals surface area contributed by atoms with Crippen LogP contribution in [0.5, 0.6) is 5.75 Å². The average Bonchev–Trinajstić information content (AvgIpc) is 2.63. The summed E-state index contributed by atoms with van der Waals surface area (Å²) in [7, 11) is 1.47. The zero-order valence-electron chi connectivity index (χ0n) is 13.7. The van der Waals surface area contributed by atoms with Crippen LogP contribution in [0.25, 0.3) is 0 Å². The maximum Gasteiger partial charge on any atom is 0.327 e. The second-order valence-corrected chi connectivity index (χ2v) is 6.04. The van der Waals surface area contributed by atoms with Gasteiger partial charge in [0.1, 0.15) is 11.5 Å². The van der Waals surface area contributed by atoms with E-state index in [4.69, 9.17) is 4.74 Å². The number of ketones is 1. The number of carbonyl (C=O) groups excluding carboxylic acids is 1. The number of nitrogens with zero attached hydrogens (tertiary/aromatic N) is 3. The van der Waals surface area contributed by atoms with Gasteiger partial charge in [-0.1, -0.05) is 19.1 Å². The zero-order valence-corrected chi connectivity index (χ0v) is 13.7. The molecule has 1 N–H and O–H groups in total. The van der Waals surface area contributed by atoms with Crippen molar-refractivity contribution >= 4 is 11.8 Å². The number of rotatable bonds is 3. The molecule has 7 heteroatoms. The third kappa shape index (κ3) is 2.31. The third-order valence-corrected chi connectivity index (χ3v) is 4.97. The van der Waals surface area contributed by atoms with Crippen molar-refractivity contribution in [3.8, 4) is 24.0 Å². The Morgan fingerprint density at radius 3 is 2.16 bits per heavy atom. The van der Waals surface area contributed by atoms with E-state index in [1.165, 1.54) is 7.11 Å². The van der Waals surface area contributed by atoms with Gasteiger partial charge in [0.25, 0.3) is 0 Å². The van der Waals surface area contributed by atoms with Gasteiger partial charge < -0.3 is 9.84 Å². The molecule has 0 aliphatic heterocycles. The fourth-order valence-corrected chi connectivity index (χ4v) is 3.51. The molecule has 3 unspecified atom stereocenters. The van der Waals surface area contributed by atoms with E-state index in [2.05, 4.69) is 0 Å². The predicted octanol–water partition coefficient (Wildman–Crippen LogP) is 2.02. The van der Waals surface area contributed by atoms with Gasteiger partial charge in [-0.2, -0.15) is 15.8 Å². The quantitative estimate of drug-likeness (QED) is 0.891. The Labute approximate surface area is 144 Å². The Kier molecular flexibility index (Phi) is 4.50. The SMILES string of the molecule is COc1ccc(C2C(C)C(=O)CC(C#N)(C(=O)O)C2(C#N)C#N)cc1. The number of hydrogen-bond donors (Lipinski definition) is 1. The fourth-order valence-electron chi connectivity index (χ4n) is 3.51. The van der Waals surface area contributed by atoms with Crippen molar-refractivity contribution in [3.05, 3.63) is 29.8 Å². The largest absolute Gasteiger partial charge is 0.497 e. The molecule has 1 aromatic rings. The van der Waals surface area contributed by atoms with Crippen molar-refractivity contribution in [1.29, 1.82) is 15.8 Å². The second-order valence-electron chi connectivity index (χ2n) is 6.04. The summed E-state index contributed by atoms with van der Waals surface area (Å²) in [4.78, 5) is 24.3. The number of nitriles is 3. The van der Waals surface area contributed by atoms with Crippen LogP contribution in [0.4, 0.5) is 0 Å². The van der Waals surface area contributed by atoms with Crippen LogP contribution in [0.2, 0.25) is 0 Å². The van der Waals surface area contributed by atoms with Crippen molar-refractivity contribution in [2.24, 2.45) is 16.7 Å². The summed E-state index contributed by atoms with van der Waals surface area (Å²) in [6.07, 6.45) is -0.673. The van der Waals surface area contributed by atoms with Gasteiger partial charge in [0.15, 0.2) is 10.8 Å². The van der Waals surface area contributed by atoms with Gasteiger partial charge in [0, 0.05) is 18.3 Å². The summed E-state index contributed by atoms with van der Waals surface area (Å²) >= 11 is 0. The smallest absolute Gasteiger partial charge is 0.327 e. The van der Waals surface area contributed by atoms with Gasteiger partial charge in [0.2, 0.25) is 0 Å². The first-order valence-corrected chi connectivity index (χ1v) is 7.47. The summed E-state index contributed by atoms with van der Waals surface area (Å²) in [6.45, 7) is 1.55. The maximum atomic E-state index is 12.4. The van der Waals surface area contributed by atoms with Crippen LogP contribution in [0.3, 0.4) is 0 Å². The van der Waals surface area contributed by atoms with Crippen molar-refractivity contribution < 1.29 is 19.4 Å². The van der Waals surface area contributed by atoms with Crippen LogP contribution in [-0.2, 0) is 9.59 Å². The van der Waals surface area contributed by atoms with Crippen LogP contribution in [0, 0.1) is 50.7 Å². The van der Waals surface area contributed by atoms with Gasteiger partial charge in [-0.05, 0) is 17.7 Å². The first-order valence-electron chi connectivity index (χ1n) is 7.47. The number of hydrogen-bond acceptors (Lipinski definition) is 6. The van der Waals surface area contributed by atoms with Crippen LogP contribution >= 0.6 is 0 Å². The van der Waals surface area contributed by atoms with E-state index in [9.17, 15) is 30.5 Å². The molecule has 2 rings (SSSR count). The number of carbonyl (C=O) groups is 2. The molecule has 0 radical (unpaired) electrons. The number of carboxylic acid groups (broad SMARTS) is 1. The molecule has 0 heterocycles. The van der Waals surface area contributed by atoms with Gasteiger partial charge in [-0.25, -0.2) is 0 Å². The first-order chi connectivity index (χ1) is 11.8. The molecular formula is C18H15N3O4. The maximum absolute atomic E-state index is 12.4. The van der Waals surface area contributed by atoms with Gasteiger partial charge in [0.05, 0.1) is 25.3 Å². The molecule has 1 aliphatic carbocycles. The van der Waals surface area contributed by atoms with Crippen molar-refractivity contribution in [1.82, 2.24) is 0 Å². The zero-order chi connectivity index (χ0) is 18.8. The lowest BCUT2D eigenvalue weighted by atomic mass is 9.49. The van der Waals surface area contributed by atoms with Crippen LogP contribution in [0.1, 0.15) is 24.8 Å². The Balaban J connectivity index is 2.79. The highest BCUT2D eigenvalue weighted by molar-refractivity contribution is 5.94. The number of Topliss-reactive ketones (excluding diaryl/α,β-unsaturated/α-hetero) is 1. The van der Waals surface area contributed by atoms with Gasteiger partial charge >= 0.3 is 5.97 Å². The molecule has 0 aromatic heterocycles. The molecule has 0 bridgehead atoms. The van der Waals surface area contributed by atoms with Gasteiger partial charge in [-0.3, -0.25) is 9.59 Å². The minimum atomic E-state index is -2.43. The number of methoxy groups -OCH3 is 1. The summed E-state index contributed by atoms with van der Waals surface area (Å²) < 4.78 is 5.07. The van der Waals surface area contributed by atoms with Crippen LogP contribution in [0.15, 0.2) is 24.3 Å².